The lowest BCUT2D eigenvalue weighted by atomic mass is 10.2. The second-order valence-corrected chi connectivity index (χ2v) is 6.06. The van der Waals surface area contributed by atoms with Crippen LogP contribution in [0.3, 0.4) is 0 Å². The first-order valence-corrected chi connectivity index (χ1v) is 6.64. The highest BCUT2D eigenvalue weighted by atomic mass is 16.6. The average Bonchev–Trinajstić information content (AvgIpc) is 2.62. The summed E-state index contributed by atoms with van der Waals surface area (Å²) in [6, 6.07) is 0.249. The summed E-state index contributed by atoms with van der Waals surface area (Å²) in [7, 11) is 0. The maximum Gasteiger partial charge on any atom is 0.410 e. The van der Waals surface area contributed by atoms with Crippen LogP contribution in [0, 0.1) is 0 Å². The summed E-state index contributed by atoms with van der Waals surface area (Å²) in [4.78, 5) is 13.9. The smallest absolute Gasteiger partial charge is 0.410 e. The van der Waals surface area contributed by atoms with Crippen molar-refractivity contribution in [3.05, 3.63) is 12.2 Å². The Kier molecular flexibility index (Phi) is 5.20. The lowest BCUT2D eigenvalue weighted by Gasteiger charge is -2.28. The largest absolute Gasteiger partial charge is 0.444 e. The van der Waals surface area contributed by atoms with Crippen LogP contribution < -0.4 is 5.32 Å². The van der Waals surface area contributed by atoms with E-state index >= 15 is 0 Å². The molecular weight excluding hydrogens is 228 g/mol. The van der Waals surface area contributed by atoms with Crippen LogP contribution in [0.4, 0.5) is 4.79 Å². The summed E-state index contributed by atoms with van der Waals surface area (Å²) in [6.45, 7) is 14.0. The molecule has 0 aromatic carbocycles. The van der Waals surface area contributed by atoms with Gasteiger partial charge in [-0.1, -0.05) is 12.2 Å². The van der Waals surface area contributed by atoms with Gasteiger partial charge >= 0.3 is 6.09 Å². The third kappa shape index (κ3) is 5.08. The van der Waals surface area contributed by atoms with Crippen molar-refractivity contribution in [1.29, 1.82) is 0 Å². The third-order valence-corrected chi connectivity index (χ3v) is 2.81. The van der Waals surface area contributed by atoms with Crippen LogP contribution in [0.2, 0.25) is 0 Å². The highest BCUT2D eigenvalue weighted by Gasteiger charge is 2.31. The zero-order valence-electron chi connectivity index (χ0n) is 12.1. The average molecular weight is 254 g/mol. The monoisotopic (exact) mass is 254 g/mol. The van der Waals surface area contributed by atoms with Gasteiger partial charge in [0.1, 0.15) is 5.60 Å². The molecule has 1 aliphatic rings. The first-order chi connectivity index (χ1) is 8.29. The van der Waals surface area contributed by atoms with Gasteiger partial charge in [-0.05, 0) is 40.5 Å². The van der Waals surface area contributed by atoms with Gasteiger partial charge in [-0.2, -0.15) is 0 Å². The predicted molar refractivity (Wildman–Crippen MR) is 73.6 cm³/mol. The lowest BCUT2D eigenvalue weighted by molar-refractivity contribution is 0.0227. The van der Waals surface area contributed by atoms with Crippen molar-refractivity contribution in [3.8, 4) is 0 Å². The number of amides is 1. The molecule has 0 aromatic rings. The molecule has 0 saturated carbocycles. The topological polar surface area (TPSA) is 41.6 Å². The molecule has 4 heteroatoms. The standard InChI is InChI=1S/C14H26N2O2/c1-11(2)9-15-10-12-7-6-8-16(12)13(17)18-14(3,4)5/h12,15H,1,6-10H2,2-5H3. The van der Waals surface area contributed by atoms with E-state index in [1.165, 1.54) is 0 Å². The second-order valence-electron chi connectivity index (χ2n) is 6.06. The molecule has 0 radical (unpaired) electrons. The Hall–Kier alpha value is -1.03. The molecule has 1 aliphatic heterocycles. The van der Waals surface area contributed by atoms with Crippen molar-refractivity contribution in [3.63, 3.8) is 0 Å². The maximum absolute atomic E-state index is 12.0. The highest BCUT2D eigenvalue weighted by molar-refractivity contribution is 5.69. The first kappa shape index (κ1) is 15.0. The minimum absolute atomic E-state index is 0.192. The Morgan fingerprint density at radius 1 is 1.50 bits per heavy atom. The molecular formula is C14H26N2O2. The second kappa shape index (κ2) is 6.23. The molecule has 0 bridgehead atoms. The third-order valence-electron chi connectivity index (χ3n) is 2.81. The van der Waals surface area contributed by atoms with Gasteiger partial charge in [-0.3, -0.25) is 0 Å². The van der Waals surface area contributed by atoms with Crippen molar-refractivity contribution in [2.45, 2.75) is 52.2 Å². The van der Waals surface area contributed by atoms with E-state index in [4.69, 9.17) is 4.74 Å². The van der Waals surface area contributed by atoms with Crippen molar-refractivity contribution >= 4 is 6.09 Å². The number of ether oxygens (including phenoxy) is 1. The van der Waals surface area contributed by atoms with Gasteiger partial charge in [-0.15, -0.1) is 0 Å². The molecule has 0 spiro atoms. The van der Waals surface area contributed by atoms with Crippen molar-refractivity contribution in [1.82, 2.24) is 10.2 Å². The highest BCUT2D eigenvalue weighted by Crippen LogP contribution is 2.20. The van der Waals surface area contributed by atoms with Gasteiger partial charge in [0.2, 0.25) is 0 Å². The summed E-state index contributed by atoms with van der Waals surface area (Å²) in [6.07, 6.45) is 1.91. The van der Waals surface area contributed by atoms with Crippen LogP contribution in [-0.2, 0) is 4.74 Å². The molecule has 18 heavy (non-hydrogen) atoms. The van der Waals surface area contributed by atoms with Crippen LogP contribution in [0.15, 0.2) is 12.2 Å². The van der Waals surface area contributed by atoms with Crippen molar-refractivity contribution < 1.29 is 9.53 Å². The molecule has 1 atom stereocenters. The Bertz CT molecular complexity index is 307. The molecule has 104 valence electrons. The van der Waals surface area contributed by atoms with Crippen molar-refractivity contribution in [2.75, 3.05) is 19.6 Å². The van der Waals surface area contributed by atoms with Gasteiger partial charge in [0.15, 0.2) is 0 Å². The maximum atomic E-state index is 12.0. The predicted octanol–water partition coefficient (Wildman–Crippen LogP) is 2.55. The number of likely N-dealkylation sites (tertiary alicyclic amines) is 1. The summed E-state index contributed by atoms with van der Waals surface area (Å²) in [5, 5.41) is 3.33. The number of carbonyl (C=O) groups excluding carboxylic acids is 1. The van der Waals surface area contributed by atoms with E-state index in [-0.39, 0.29) is 12.1 Å². The van der Waals surface area contributed by atoms with E-state index in [0.29, 0.717) is 0 Å². The number of carbonyl (C=O) groups is 1. The Morgan fingerprint density at radius 3 is 2.72 bits per heavy atom. The molecule has 1 heterocycles. The van der Waals surface area contributed by atoms with E-state index in [9.17, 15) is 4.79 Å². The van der Waals surface area contributed by atoms with Crippen LogP contribution in [0.25, 0.3) is 0 Å². The van der Waals surface area contributed by atoms with E-state index in [1.807, 2.05) is 32.6 Å². The molecule has 4 nitrogen and oxygen atoms in total. The van der Waals surface area contributed by atoms with E-state index in [0.717, 1.165) is 38.0 Å². The van der Waals surface area contributed by atoms with Gasteiger partial charge in [0.25, 0.3) is 0 Å². The fourth-order valence-corrected chi connectivity index (χ4v) is 2.06. The molecule has 1 saturated heterocycles. The molecule has 0 aliphatic carbocycles. The Labute approximate surface area is 110 Å². The quantitative estimate of drug-likeness (QED) is 0.784. The molecule has 1 amide bonds. The van der Waals surface area contributed by atoms with Crippen LogP contribution in [0.1, 0.15) is 40.5 Å². The Morgan fingerprint density at radius 2 is 2.17 bits per heavy atom. The fourth-order valence-electron chi connectivity index (χ4n) is 2.06. The first-order valence-electron chi connectivity index (χ1n) is 6.64. The number of hydrogen-bond donors (Lipinski definition) is 1. The normalized spacial score (nSPS) is 20.0. The summed E-state index contributed by atoms with van der Waals surface area (Å²) < 4.78 is 5.42. The number of nitrogens with one attached hydrogen (secondary N) is 1. The number of rotatable bonds is 4. The number of nitrogens with zero attached hydrogens (tertiary/aromatic N) is 1. The van der Waals surface area contributed by atoms with E-state index in [1.54, 1.807) is 0 Å². The molecule has 0 aromatic heterocycles. The minimum Gasteiger partial charge on any atom is -0.444 e. The van der Waals surface area contributed by atoms with Crippen LogP contribution in [-0.4, -0.2) is 42.3 Å². The van der Waals surface area contributed by atoms with Crippen molar-refractivity contribution in [2.24, 2.45) is 0 Å². The van der Waals surface area contributed by atoms with Gasteiger partial charge in [0, 0.05) is 25.7 Å². The number of hydrogen-bond acceptors (Lipinski definition) is 3. The summed E-state index contributed by atoms with van der Waals surface area (Å²) in [5.41, 5.74) is 0.687. The van der Waals surface area contributed by atoms with Crippen LogP contribution in [0.5, 0.6) is 0 Å². The minimum atomic E-state index is -0.421. The Balaban J connectivity index is 2.43. The van der Waals surface area contributed by atoms with Gasteiger partial charge in [0.05, 0.1) is 0 Å². The van der Waals surface area contributed by atoms with E-state index < -0.39 is 5.60 Å². The zero-order chi connectivity index (χ0) is 13.8. The summed E-state index contributed by atoms with van der Waals surface area (Å²) >= 11 is 0. The molecule has 1 rings (SSSR count). The molecule has 1 N–H and O–H groups in total. The molecule has 1 fully saturated rings. The van der Waals surface area contributed by atoms with Gasteiger partial charge < -0.3 is 15.0 Å². The van der Waals surface area contributed by atoms with Gasteiger partial charge in [-0.25, -0.2) is 4.79 Å². The van der Waals surface area contributed by atoms with E-state index in [2.05, 4.69) is 11.9 Å². The SMILES string of the molecule is C=C(C)CNCC1CCCN1C(=O)OC(C)(C)C. The zero-order valence-corrected chi connectivity index (χ0v) is 12.1. The summed E-state index contributed by atoms with van der Waals surface area (Å²) in [5.74, 6) is 0. The lowest BCUT2D eigenvalue weighted by Crippen LogP contribution is -2.44. The molecule has 1 unspecified atom stereocenters. The fraction of sp³-hybridized carbons (Fsp3) is 0.786. The van der Waals surface area contributed by atoms with Crippen LogP contribution >= 0.6 is 0 Å².